The van der Waals surface area contributed by atoms with E-state index in [1.165, 1.54) is 5.39 Å². The third kappa shape index (κ3) is 2.49. The SMILES string of the molecule is Cc1cccc(N)c1Oc1ccc2cc(Br)ccc2c1. The number of ether oxygens (including phenoxy) is 1. The van der Waals surface area contributed by atoms with Crippen molar-refractivity contribution in [1.29, 1.82) is 0 Å². The molecule has 0 aromatic heterocycles. The first-order valence-corrected chi connectivity index (χ1v) is 7.15. The maximum Gasteiger partial charge on any atom is 0.153 e. The minimum atomic E-state index is 0.654. The van der Waals surface area contributed by atoms with E-state index in [1.54, 1.807) is 0 Å². The number of nitrogens with two attached hydrogens (primary N) is 1. The highest BCUT2D eigenvalue weighted by atomic mass is 79.9. The Bertz CT molecular complexity index is 763. The summed E-state index contributed by atoms with van der Waals surface area (Å²) < 4.78 is 7.01. The summed E-state index contributed by atoms with van der Waals surface area (Å²) >= 11 is 3.48. The molecule has 2 N–H and O–H groups in total. The van der Waals surface area contributed by atoms with Crippen molar-refractivity contribution < 1.29 is 4.74 Å². The van der Waals surface area contributed by atoms with Gasteiger partial charge in [0.1, 0.15) is 5.75 Å². The molecule has 20 heavy (non-hydrogen) atoms. The lowest BCUT2D eigenvalue weighted by Crippen LogP contribution is -1.94. The average Bonchev–Trinajstić information content (AvgIpc) is 2.43. The Kier molecular flexibility index (Phi) is 3.36. The molecule has 0 amide bonds. The van der Waals surface area contributed by atoms with Gasteiger partial charge in [-0.3, -0.25) is 0 Å². The number of fused-ring (bicyclic) bond motifs is 1. The number of halogens is 1. The van der Waals surface area contributed by atoms with E-state index in [2.05, 4.69) is 28.1 Å². The quantitative estimate of drug-likeness (QED) is 0.649. The normalized spacial score (nSPS) is 10.7. The van der Waals surface area contributed by atoms with Gasteiger partial charge in [0, 0.05) is 4.47 Å². The van der Waals surface area contributed by atoms with Gasteiger partial charge in [-0.2, -0.15) is 0 Å². The van der Waals surface area contributed by atoms with Crippen LogP contribution in [0, 0.1) is 6.92 Å². The van der Waals surface area contributed by atoms with E-state index in [1.807, 2.05) is 49.4 Å². The maximum absolute atomic E-state index is 5.97. The second kappa shape index (κ2) is 5.17. The van der Waals surface area contributed by atoms with Gasteiger partial charge in [-0.25, -0.2) is 0 Å². The number of benzene rings is 3. The van der Waals surface area contributed by atoms with Crippen LogP contribution in [0.1, 0.15) is 5.56 Å². The van der Waals surface area contributed by atoms with E-state index in [0.29, 0.717) is 5.69 Å². The minimum Gasteiger partial charge on any atom is -0.455 e. The molecule has 0 aliphatic carbocycles. The first-order chi connectivity index (χ1) is 9.63. The van der Waals surface area contributed by atoms with Crippen LogP contribution in [0.15, 0.2) is 59.1 Å². The van der Waals surface area contributed by atoms with E-state index in [-0.39, 0.29) is 0 Å². The van der Waals surface area contributed by atoms with Crippen molar-refractivity contribution in [2.45, 2.75) is 6.92 Å². The van der Waals surface area contributed by atoms with Gasteiger partial charge in [-0.15, -0.1) is 0 Å². The first-order valence-electron chi connectivity index (χ1n) is 6.36. The Labute approximate surface area is 126 Å². The summed E-state index contributed by atoms with van der Waals surface area (Å²) in [6.07, 6.45) is 0. The summed E-state index contributed by atoms with van der Waals surface area (Å²) in [6, 6.07) is 18.0. The molecule has 100 valence electrons. The number of rotatable bonds is 2. The summed E-state index contributed by atoms with van der Waals surface area (Å²) in [4.78, 5) is 0. The molecule has 0 heterocycles. The molecule has 0 atom stereocenters. The molecule has 0 spiro atoms. The average molecular weight is 328 g/mol. The van der Waals surface area contributed by atoms with Gasteiger partial charge in [0.25, 0.3) is 0 Å². The Hall–Kier alpha value is -2.00. The second-order valence-electron chi connectivity index (χ2n) is 4.75. The molecule has 0 bridgehead atoms. The minimum absolute atomic E-state index is 0.654. The number of nitrogen functional groups attached to an aromatic ring is 1. The molecule has 3 rings (SSSR count). The van der Waals surface area contributed by atoms with Crippen LogP contribution in [0.2, 0.25) is 0 Å². The predicted octanol–water partition coefficient (Wildman–Crippen LogP) is 5.29. The fourth-order valence-corrected chi connectivity index (χ4v) is 2.57. The van der Waals surface area contributed by atoms with E-state index in [0.717, 1.165) is 26.9 Å². The van der Waals surface area contributed by atoms with Crippen molar-refractivity contribution >= 4 is 32.4 Å². The van der Waals surface area contributed by atoms with Crippen LogP contribution >= 0.6 is 15.9 Å². The van der Waals surface area contributed by atoms with Crippen LogP contribution in [-0.4, -0.2) is 0 Å². The van der Waals surface area contributed by atoms with Gasteiger partial charge in [0.2, 0.25) is 0 Å². The molecule has 3 heteroatoms. The molecule has 3 aromatic carbocycles. The van der Waals surface area contributed by atoms with E-state index < -0.39 is 0 Å². The van der Waals surface area contributed by atoms with Crippen LogP contribution in [0.3, 0.4) is 0 Å². The summed E-state index contributed by atoms with van der Waals surface area (Å²) in [6.45, 7) is 1.99. The van der Waals surface area contributed by atoms with E-state index in [9.17, 15) is 0 Å². The molecular weight excluding hydrogens is 314 g/mol. The lowest BCUT2D eigenvalue weighted by atomic mass is 10.1. The van der Waals surface area contributed by atoms with E-state index >= 15 is 0 Å². The smallest absolute Gasteiger partial charge is 0.153 e. The largest absolute Gasteiger partial charge is 0.455 e. The van der Waals surface area contributed by atoms with Gasteiger partial charge in [-0.05, 0) is 53.6 Å². The highest BCUT2D eigenvalue weighted by Crippen LogP contribution is 2.32. The summed E-state index contributed by atoms with van der Waals surface area (Å²) in [7, 11) is 0. The van der Waals surface area contributed by atoms with Gasteiger partial charge in [-0.1, -0.05) is 40.2 Å². The molecule has 0 radical (unpaired) electrons. The molecule has 0 unspecified atom stereocenters. The molecule has 3 aromatic rings. The molecule has 0 fully saturated rings. The monoisotopic (exact) mass is 327 g/mol. The highest BCUT2D eigenvalue weighted by Gasteiger charge is 2.06. The molecular formula is C17H14BrNO. The van der Waals surface area contributed by atoms with Crippen LogP contribution in [0.4, 0.5) is 5.69 Å². The highest BCUT2D eigenvalue weighted by molar-refractivity contribution is 9.10. The Balaban J connectivity index is 2.01. The number of aryl methyl sites for hydroxylation is 1. The third-order valence-corrected chi connectivity index (χ3v) is 3.73. The van der Waals surface area contributed by atoms with Crippen molar-refractivity contribution in [3.63, 3.8) is 0 Å². The zero-order valence-corrected chi connectivity index (χ0v) is 12.6. The predicted molar refractivity (Wildman–Crippen MR) is 87.3 cm³/mol. The molecule has 0 saturated heterocycles. The number of para-hydroxylation sites is 1. The summed E-state index contributed by atoms with van der Waals surface area (Å²) in [5.41, 5.74) is 7.65. The number of hydrogen-bond donors (Lipinski definition) is 1. The maximum atomic E-state index is 5.97. The Morgan fingerprint density at radius 3 is 2.50 bits per heavy atom. The zero-order valence-electron chi connectivity index (χ0n) is 11.1. The fourth-order valence-electron chi connectivity index (χ4n) is 2.19. The fraction of sp³-hybridized carbons (Fsp3) is 0.0588. The van der Waals surface area contributed by atoms with Crippen molar-refractivity contribution in [3.05, 3.63) is 64.6 Å². The molecule has 0 saturated carbocycles. The standard InChI is InChI=1S/C17H14BrNO/c1-11-3-2-4-16(19)17(11)20-15-8-6-12-9-14(18)7-5-13(12)10-15/h2-10H,19H2,1H3. The van der Waals surface area contributed by atoms with E-state index in [4.69, 9.17) is 10.5 Å². The van der Waals surface area contributed by atoms with Crippen molar-refractivity contribution in [3.8, 4) is 11.5 Å². The molecule has 2 nitrogen and oxygen atoms in total. The lowest BCUT2D eigenvalue weighted by Gasteiger charge is -2.11. The number of hydrogen-bond acceptors (Lipinski definition) is 2. The van der Waals surface area contributed by atoms with Crippen LogP contribution in [-0.2, 0) is 0 Å². The van der Waals surface area contributed by atoms with Crippen LogP contribution in [0.5, 0.6) is 11.5 Å². The van der Waals surface area contributed by atoms with Gasteiger partial charge in [0.05, 0.1) is 5.69 Å². The van der Waals surface area contributed by atoms with Crippen LogP contribution in [0.25, 0.3) is 10.8 Å². The van der Waals surface area contributed by atoms with Gasteiger partial charge < -0.3 is 10.5 Å². The van der Waals surface area contributed by atoms with Gasteiger partial charge >= 0.3 is 0 Å². The van der Waals surface area contributed by atoms with Crippen molar-refractivity contribution in [2.75, 3.05) is 5.73 Å². The molecule has 0 aliphatic rings. The van der Waals surface area contributed by atoms with Crippen molar-refractivity contribution in [1.82, 2.24) is 0 Å². The summed E-state index contributed by atoms with van der Waals surface area (Å²) in [5, 5.41) is 2.31. The lowest BCUT2D eigenvalue weighted by molar-refractivity contribution is 0.482. The summed E-state index contributed by atoms with van der Waals surface area (Å²) in [5.74, 6) is 1.52. The zero-order chi connectivity index (χ0) is 14.1. The Morgan fingerprint density at radius 1 is 0.950 bits per heavy atom. The van der Waals surface area contributed by atoms with Crippen LogP contribution < -0.4 is 10.5 Å². The Morgan fingerprint density at radius 2 is 1.70 bits per heavy atom. The topological polar surface area (TPSA) is 35.2 Å². The first kappa shape index (κ1) is 13.0. The second-order valence-corrected chi connectivity index (χ2v) is 5.66. The van der Waals surface area contributed by atoms with Gasteiger partial charge in [0.15, 0.2) is 5.75 Å². The van der Waals surface area contributed by atoms with Crippen molar-refractivity contribution in [2.24, 2.45) is 0 Å². The number of anilines is 1. The molecule has 0 aliphatic heterocycles. The third-order valence-electron chi connectivity index (χ3n) is 3.24.